The van der Waals surface area contributed by atoms with Gasteiger partial charge in [-0.15, -0.1) is 0 Å². The van der Waals surface area contributed by atoms with Crippen molar-refractivity contribution in [2.45, 2.75) is 51.3 Å². The number of rotatable bonds is 5. The summed E-state index contributed by atoms with van der Waals surface area (Å²) in [6.45, 7) is 6.46. The van der Waals surface area contributed by atoms with Gasteiger partial charge in [-0.05, 0) is 25.7 Å². The van der Waals surface area contributed by atoms with Gasteiger partial charge in [-0.3, -0.25) is 4.79 Å². The fourth-order valence-electron chi connectivity index (χ4n) is 2.04. The SMILES string of the molecule is CC(C)CCC(C)N1CC(S(=O)(=O)Cl)CC1=O. The minimum atomic E-state index is -3.62. The largest absolute Gasteiger partial charge is 0.339 e. The van der Waals surface area contributed by atoms with E-state index < -0.39 is 14.3 Å². The minimum absolute atomic E-state index is 0.0256. The van der Waals surface area contributed by atoms with E-state index in [9.17, 15) is 13.2 Å². The molecule has 1 rings (SSSR count). The fraction of sp³-hybridized carbons (Fsp3) is 0.909. The van der Waals surface area contributed by atoms with Crippen LogP contribution in [0.3, 0.4) is 0 Å². The fourth-order valence-corrected chi connectivity index (χ4v) is 3.08. The van der Waals surface area contributed by atoms with Crippen molar-refractivity contribution < 1.29 is 13.2 Å². The second-order valence-corrected chi connectivity index (χ2v) is 8.08. The molecular formula is C11H20ClNO3S. The number of likely N-dealkylation sites (tertiary alicyclic amines) is 1. The number of amides is 1. The Balaban J connectivity index is 2.59. The van der Waals surface area contributed by atoms with Crippen LogP contribution in [0.2, 0.25) is 0 Å². The van der Waals surface area contributed by atoms with Crippen molar-refractivity contribution in [2.24, 2.45) is 5.92 Å². The number of hydrogen-bond donors (Lipinski definition) is 0. The third-order valence-corrected chi connectivity index (χ3v) is 5.08. The van der Waals surface area contributed by atoms with Crippen LogP contribution in [0.25, 0.3) is 0 Å². The summed E-state index contributed by atoms with van der Waals surface area (Å²) in [5, 5.41) is -0.738. The standard InChI is InChI=1S/C11H20ClNO3S/c1-8(2)4-5-9(3)13-7-10(6-11(13)14)17(12,15)16/h8-10H,4-7H2,1-3H3. The Morgan fingerprint density at radius 3 is 2.35 bits per heavy atom. The van der Waals surface area contributed by atoms with Crippen molar-refractivity contribution in [3.63, 3.8) is 0 Å². The van der Waals surface area contributed by atoms with Gasteiger partial charge in [-0.1, -0.05) is 13.8 Å². The van der Waals surface area contributed by atoms with E-state index in [0.717, 1.165) is 12.8 Å². The summed E-state index contributed by atoms with van der Waals surface area (Å²) in [5.74, 6) is 0.484. The molecule has 0 bridgehead atoms. The molecule has 4 nitrogen and oxygen atoms in total. The smallest absolute Gasteiger partial charge is 0.237 e. The lowest BCUT2D eigenvalue weighted by atomic mass is 10.0. The van der Waals surface area contributed by atoms with Gasteiger partial charge in [0.15, 0.2) is 0 Å². The molecule has 1 heterocycles. The van der Waals surface area contributed by atoms with Crippen molar-refractivity contribution in [3.8, 4) is 0 Å². The van der Waals surface area contributed by atoms with Crippen LogP contribution in [0.1, 0.15) is 40.0 Å². The van der Waals surface area contributed by atoms with Crippen molar-refractivity contribution in [2.75, 3.05) is 6.54 Å². The predicted octanol–water partition coefficient (Wildman–Crippen LogP) is 1.98. The van der Waals surface area contributed by atoms with Gasteiger partial charge in [0.1, 0.15) is 5.25 Å². The lowest BCUT2D eigenvalue weighted by Gasteiger charge is -2.25. The number of halogens is 1. The van der Waals surface area contributed by atoms with Crippen molar-refractivity contribution in [1.82, 2.24) is 4.90 Å². The molecule has 100 valence electrons. The summed E-state index contributed by atoms with van der Waals surface area (Å²) < 4.78 is 22.4. The highest BCUT2D eigenvalue weighted by Gasteiger charge is 2.38. The first-order valence-electron chi connectivity index (χ1n) is 5.94. The number of hydrogen-bond acceptors (Lipinski definition) is 3. The molecule has 0 saturated carbocycles. The topological polar surface area (TPSA) is 54.5 Å². The molecule has 2 atom stereocenters. The maximum Gasteiger partial charge on any atom is 0.237 e. The molecule has 2 unspecified atom stereocenters. The third-order valence-electron chi connectivity index (χ3n) is 3.21. The molecule has 0 aromatic carbocycles. The zero-order valence-corrected chi connectivity index (χ0v) is 12.1. The summed E-state index contributed by atoms with van der Waals surface area (Å²) in [4.78, 5) is 13.4. The van der Waals surface area contributed by atoms with Gasteiger partial charge in [0.25, 0.3) is 0 Å². The Hall–Kier alpha value is -0.290. The first kappa shape index (κ1) is 14.8. The average Bonchev–Trinajstić information content (AvgIpc) is 2.56. The summed E-state index contributed by atoms with van der Waals surface area (Å²) in [7, 11) is 1.67. The predicted molar refractivity (Wildman–Crippen MR) is 68.4 cm³/mol. The second-order valence-electron chi connectivity index (χ2n) is 5.17. The van der Waals surface area contributed by atoms with E-state index in [1.807, 2.05) is 6.92 Å². The summed E-state index contributed by atoms with van der Waals surface area (Å²) >= 11 is 0. The van der Waals surface area contributed by atoms with Crippen LogP contribution in [0.5, 0.6) is 0 Å². The third kappa shape index (κ3) is 4.14. The Morgan fingerprint density at radius 2 is 1.94 bits per heavy atom. The van der Waals surface area contributed by atoms with Gasteiger partial charge in [0.05, 0.1) is 0 Å². The Labute approximate surface area is 108 Å². The number of carbonyl (C=O) groups is 1. The van der Waals surface area contributed by atoms with Gasteiger partial charge in [0, 0.05) is 29.7 Å². The van der Waals surface area contributed by atoms with Crippen LogP contribution in [0.4, 0.5) is 0 Å². The summed E-state index contributed by atoms with van der Waals surface area (Å²) in [5.41, 5.74) is 0. The van der Waals surface area contributed by atoms with Crippen LogP contribution in [-0.4, -0.2) is 37.1 Å². The normalized spacial score (nSPS) is 23.5. The molecule has 0 aliphatic carbocycles. The van der Waals surface area contributed by atoms with E-state index in [4.69, 9.17) is 10.7 Å². The first-order valence-corrected chi connectivity index (χ1v) is 8.32. The van der Waals surface area contributed by atoms with Gasteiger partial charge >= 0.3 is 0 Å². The van der Waals surface area contributed by atoms with Crippen molar-refractivity contribution in [1.29, 1.82) is 0 Å². The maximum absolute atomic E-state index is 11.7. The van der Waals surface area contributed by atoms with E-state index >= 15 is 0 Å². The van der Waals surface area contributed by atoms with Gasteiger partial charge in [-0.25, -0.2) is 8.42 Å². The second kappa shape index (κ2) is 5.57. The number of nitrogens with zero attached hydrogens (tertiary/aromatic N) is 1. The highest BCUT2D eigenvalue weighted by Crippen LogP contribution is 2.24. The van der Waals surface area contributed by atoms with Crippen LogP contribution >= 0.6 is 10.7 Å². The molecule has 0 radical (unpaired) electrons. The zero-order chi connectivity index (χ0) is 13.2. The average molecular weight is 282 g/mol. The molecule has 1 amide bonds. The monoisotopic (exact) mass is 281 g/mol. The molecule has 1 saturated heterocycles. The molecule has 1 aliphatic rings. The first-order chi connectivity index (χ1) is 7.71. The van der Waals surface area contributed by atoms with Crippen LogP contribution < -0.4 is 0 Å². The summed E-state index contributed by atoms with van der Waals surface area (Å²) in [6, 6.07) is 0.0910. The molecule has 0 spiro atoms. The van der Waals surface area contributed by atoms with Gasteiger partial charge in [0.2, 0.25) is 15.0 Å². The van der Waals surface area contributed by atoms with E-state index in [1.54, 1.807) is 4.90 Å². The quantitative estimate of drug-likeness (QED) is 0.724. The van der Waals surface area contributed by atoms with Crippen LogP contribution in [0, 0.1) is 5.92 Å². The molecule has 1 aliphatic heterocycles. The minimum Gasteiger partial charge on any atom is -0.339 e. The van der Waals surface area contributed by atoms with Crippen LogP contribution in [-0.2, 0) is 13.8 Å². The lowest BCUT2D eigenvalue weighted by molar-refractivity contribution is -0.129. The molecule has 0 aromatic rings. The van der Waals surface area contributed by atoms with Crippen molar-refractivity contribution >= 4 is 25.6 Å². The Morgan fingerprint density at radius 1 is 1.35 bits per heavy atom. The highest BCUT2D eigenvalue weighted by atomic mass is 35.7. The maximum atomic E-state index is 11.7. The van der Waals surface area contributed by atoms with E-state index in [-0.39, 0.29) is 24.9 Å². The lowest BCUT2D eigenvalue weighted by Crippen LogP contribution is -2.35. The molecule has 1 fully saturated rings. The van der Waals surface area contributed by atoms with E-state index in [1.165, 1.54) is 0 Å². The van der Waals surface area contributed by atoms with Gasteiger partial charge < -0.3 is 4.90 Å². The zero-order valence-electron chi connectivity index (χ0n) is 10.5. The molecule has 0 N–H and O–H groups in total. The molecule has 0 aromatic heterocycles. The highest BCUT2D eigenvalue weighted by molar-refractivity contribution is 8.14. The molecule has 17 heavy (non-hydrogen) atoms. The van der Waals surface area contributed by atoms with Crippen LogP contribution in [0.15, 0.2) is 0 Å². The molecule has 6 heteroatoms. The molecular weight excluding hydrogens is 262 g/mol. The van der Waals surface area contributed by atoms with Gasteiger partial charge in [-0.2, -0.15) is 0 Å². The van der Waals surface area contributed by atoms with E-state index in [2.05, 4.69) is 13.8 Å². The summed E-state index contributed by atoms with van der Waals surface area (Å²) in [6.07, 6.45) is 1.96. The van der Waals surface area contributed by atoms with Crippen molar-refractivity contribution in [3.05, 3.63) is 0 Å². The Kier molecular flexibility index (Phi) is 4.84. The van der Waals surface area contributed by atoms with E-state index in [0.29, 0.717) is 5.92 Å². The number of carbonyl (C=O) groups excluding carboxylic acids is 1. The Bertz CT molecular complexity index is 380.